The minimum absolute atomic E-state index is 0.107. The highest BCUT2D eigenvalue weighted by Gasteiger charge is 2.39. The predicted octanol–water partition coefficient (Wildman–Crippen LogP) is 7.94. The molecule has 3 aromatic carbocycles. The summed E-state index contributed by atoms with van der Waals surface area (Å²) in [5, 5.41) is 0. The first-order chi connectivity index (χ1) is 15.9. The molecule has 2 atom stereocenters. The molecule has 1 nitrogen and oxygen atoms in total. The second-order valence-electron chi connectivity index (χ2n) is 8.25. The second-order valence-corrected chi connectivity index (χ2v) is 8.25. The molecule has 2 unspecified atom stereocenters. The Balaban J connectivity index is 1.67. The summed E-state index contributed by atoms with van der Waals surface area (Å²) in [6, 6.07) is 10.7. The van der Waals surface area contributed by atoms with Crippen LogP contribution in [0.25, 0.3) is 11.1 Å². The number of alkyl halides is 2. The van der Waals surface area contributed by atoms with Gasteiger partial charge in [-0.05, 0) is 66.1 Å². The summed E-state index contributed by atoms with van der Waals surface area (Å²) in [6.45, 7) is 3.83. The molecule has 0 fully saturated rings. The van der Waals surface area contributed by atoms with Gasteiger partial charge in [0.15, 0.2) is 23.9 Å². The molecule has 0 saturated heterocycles. The molecule has 0 heterocycles. The van der Waals surface area contributed by atoms with Crippen LogP contribution in [0.3, 0.4) is 0 Å². The summed E-state index contributed by atoms with van der Waals surface area (Å²) in [6.07, 6.45) is -2.71. The van der Waals surface area contributed by atoms with E-state index in [0.717, 1.165) is 18.4 Å². The van der Waals surface area contributed by atoms with Crippen LogP contribution < -0.4 is 4.74 Å². The van der Waals surface area contributed by atoms with Crippen molar-refractivity contribution in [2.75, 3.05) is 6.61 Å². The molecule has 0 aliphatic heterocycles. The molecule has 174 valence electrons. The Hall–Kier alpha value is -2.89. The van der Waals surface area contributed by atoms with E-state index in [1.807, 2.05) is 13.0 Å². The maximum Gasteiger partial charge on any atom is 0.171 e. The Bertz CT molecular complexity index is 1170. The molecule has 1 aliphatic rings. The number of benzene rings is 3. The van der Waals surface area contributed by atoms with Crippen molar-refractivity contribution in [3.05, 3.63) is 87.7 Å². The van der Waals surface area contributed by atoms with E-state index in [-0.39, 0.29) is 47.7 Å². The van der Waals surface area contributed by atoms with Gasteiger partial charge in [0.1, 0.15) is 11.6 Å². The number of aryl methyl sites for hydroxylation is 3. The zero-order valence-corrected chi connectivity index (χ0v) is 18.5. The van der Waals surface area contributed by atoms with E-state index in [1.54, 1.807) is 13.0 Å². The first-order valence-corrected chi connectivity index (χ1v) is 11.2. The normalized spacial score (nSPS) is 16.9. The molecule has 1 aliphatic carbocycles. The van der Waals surface area contributed by atoms with Gasteiger partial charge < -0.3 is 4.74 Å². The zero-order valence-electron chi connectivity index (χ0n) is 18.5. The van der Waals surface area contributed by atoms with Gasteiger partial charge in [0, 0.05) is 11.1 Å². The third kappa shape index (κ3) is 4.23. The van der Waals surface area contributed by atoms with E-state index >= 15 is 8.78 Å². The summed E-state index contributed by atoms with van der Waals surface area (Å²) in [5.74, 6) is -2.37. The van der Waals surface area contributed by atoms with Crippen molar-refractivity contribution in [3.63, 3.8) is 0 Å². The van der Waals surface area contributed by atoms with E-state index in [2.05, 4.69) is 0 Å². The van der Waals surface area contributed by atoms with Gasteiger partial charge in [0.2, 0.25) is 0 Å². The van der Waals surface area contributed by atoms with Crippen molar-refractivity contribution in [3.8, 4) is 16.9 Å². The van der Waals surface area contributed by atoms with Crippen LogP contribution in [0.5, 0.6) is 5.75 Å². The van der Waals surface area contributed by atoms with Crippen LogP contribution in [-0.4, -0.2) is 6.61 Å². The van der Waals surface area contributed by atoms with E-state index in [9.17, 15) is 13.2 Å². The highest BCUT2D eigenvalue weighted by molar-refractivity contribution is 5.76. The Morgan fingerprint density at radius 3 is 1.97 bits per heavy atom. The maximum absolute atomic E-state index is 15.3. The van der Waals surface area contributed by atoms with Crippen LogP contribution in [0.4, 0.5) is 22.0 Å². The minimum atomic E-state index is -2.36. The Kier molecular flexibility index (Phi) is 6.73. The average Bonchev–Trinajstić information content (AvgIpc) is 2.79. The highest BCUT2D eigenvalue weighted by atomic mass is 19.2. The molecule has 3 aromatic rings. The Morgan fingerprint density at radius 1 is 0.727 bits per heavy atom. The van der Waals surface area contributed by atoms with Crippen LogP contribution >= 0.6 is 0 Å². The summed E-state index contributed by atoms with van der Waals surface area (Å²) in [4.78, 5) is 0. The lowest BCUT2D eigenvalue weighted by atomic mass is 9.81. The van der Waals surface area contributed by atoms with Crippen molar-refractivity contribution in [1.29, 1.82) is 0 Å². The van der Waals surface area contributed by atoms with Crippen LogP contribution in [0.2, 0.25) is 0 Å². The Labute approximate surface area is 190 Å². The summed E-state index contributed by atoms with van der Waals surface area (Å²) >= 11 is 0. The molecule has 0 bridgehead atoms. The molecular weight excluding hydrogens is 435 g/mol. The van der Waals surface area contributed by atoms with Crippen LogP contribution in [0.1, 0.15) is 60.4 Å². The monoisotopic (exact) mass is 460 g/mol. The van der Waals surface area contributed by atoms with Crippen molar-refractivity contribution in [2.45, 2.75) is 51.9 Å². The quantitative estimate of drug-likeness (QED) is 0.325. The SMILES string of the molecule is CCCc1ccc(CCc2ccc3c(c2F)C(F)C(F)c2c-3ccc(OCC)c2F)c(F)c1. The smallest absolute Gasteiger partial charge is 0.171 e. The molecule has 0 amide bonds. The fourth-order valence-corrected chi connectivity index (χ4v) is 4.48. The van der Waals surface area contributed by atoms with E-state index < -0.39 is 35.1 Å². The largest absolute Gasteiger partial charge is 0.491 e. The number of hydrogen-bond acceptors (Lipinski definition) is 1. The number of halogens is 5. The standard InChI is InChI=1S/C27H25F5O/c1-3-5-15-6-7-16(20(28)14-15)8-9-17-10-11-18-19-12-13-21(33-4-2)25(30)23(19)27(32)26(31)22(18)24(17)29/h6-7,10-14,26-27H,3-5,8-9H2,1-2H3. The Morgan fingerprint density at radius 2 is 1.33 bits per heavy atom. The van der Waals surface area contributed by atoms with Gasteiger partial charge in [0.05, 0.1) is 6.61 Å². The number of rotatable bonds is 7. The summed E-state index contributed by atoms with van der Waals surface area (Å²) in [7, 11) is 0. The lowest BCUT2D eigenvalue weighted by Gasteiger charge is -2.28. The summed E-state index contributed by atoms with van der Waals surface area (Å²) < 4.78 is 79.7. The predicted molar refractivity (Wildman–Crippen MR) is 118 cm³/mol. The molecule has 0 aromatic heterocycles. The third-order valence-corrected chi connectivity index (χ3v) is 6.12. The van der Waals surface area contributed by atoms with Gasteiger partial charge in [-0.1, -0.05) is 43.7 Å². The van der Waals surface area contributed by atoms with Crippen LogP contribution in [0, 0.1) is 17.5 Å². The first kappa shape index (κ1) is 23.3. The molecule has 4 rings (SSSR count). The fourth-order valence-electron chi connectivity index (χ4n) is 4.48. The third-order valence-electron chi connectivity index (χ3n) is 6.12. The first-order valence-electron chi connectivity index (χ1n) is 11.2. The van der Waals surface area contributed by atoms with Crippen molar-refractivity contribution < 1.29 is 26.7 Å². The molecule has 0 radical (unpaired) electrons. The van der Waals surface area contributed by atoms with Gasteiger partial charge in [-0.25, -0.2) is 22.0 Å². The second kappa shape index (κ2) is 9.54. The van der Waals surface area contributed by atoms with Gasteiger partial charge in [-0.3, -0.25) is 0 Å². The molecular formula is C27H25F5O. The van der Waals surface area contributed by atoms with E-state index in [1.165, 1.54) is 30.3 Å². The van der Waals surface area contributed by atoms with E-state index in [0.29, 0.717) is 5.56 Å². The molecule has 33 heavy (non-hydrogen) atoms. The number of ether oxygens (including phenoxy) is 1. The van der Waals surface area contributed by atoms with E-state index in [4.69, 9.17) is 4.74 Å². The lowest BCUT2D eigenvalue weighted by molar-refractivity contribution is 0.159. The van der Waals surface area contributed by atoms with Crippen molar-refractivity contribution >= 4 is 0 Å². The molecule has 0 N–H and O–H groups in total. The van der Waals surface area contributed by atoms with Crippen molar-refractivity contribution in [2.24, 2.45) is 0 Å². The van der Waals surface area contributed by atoms with Crippen LogP contribution in [0.15, 0.2) is 42.5 Å². The lowest BCUT2D eigenvalue weighted by Crippen LogP contribution is -2.17. The topological polar surface area (TPSA) is 9.23 Å². The van der Waals surface area contributed by atoms with Gasteiger partial charge >= 0.3 is 0 Å². The molecule has 6 heteroatoms. The number of hydrogen-bond donors (Lipinski definition) is 0. The minimum Gasteiger partial charge on any atom is -0.491 e. The fraction of sp³-hybridized carbons (Fsp3) is 0.333. The average molecular weight is 460 g/mol. The van der Waals surface area contributed by atoms with Gasteiger partial charge in [0.25, 0.3) is 0 Å². The highest BCUT2D eigenvalue weighted by Crippen LogP contribution is 2.51. The van der Waals surface area contributed by atoms with Crippen molar-refractivity contribution in [1.82, 2.24) is 0 Å². The zero-order chi connectivity index (χ0) is 23.7. The maximum atomic E-state index is 15.3. The van der Waals surface area contributed by atoms with Gasteiger partial charge in [-0.2, -0.15) is 0 Å². The molecule has 0 saturated carbocycles. The number of fused-ring (bicyclic) bond motifs is 3. The van der Waals surface area contributed by atoms with Crippen LogP contribution in [-0.2, 0) is 19.3 Å². The summed E-state index contributed by atoms with van der Waals surface area (Å²) in [5.41, 5.74) is 0.835. The van der Waals surface area contributed by atoms with Gasteiger partial charge in [-0.15, -0.1) is 0 Å². The molecule has 0 spiro atoms.